The molecule has 1 aromatic carbocycles. The first-order valence-electron chi connectivity index (χ1n) is 5.71. The number of rotatable bonds is 4. The molecule has 98 valence electrons. The van der Waals surface area contributed by atoms with E-state index in [1.807, 2.05) is 0 Å². The van der Waals surface area contributed by atoms with Crippen LogP contribution in [0.4, 0.5) is 5.69 Å². The molecule has 0 heterocycles. The normalized spacial score (nSPS) is 17.0. The molecule has 1 saturated carbocycles. The van der Waals surface area contributed by atoms with Gasteiger partial charge in [-0.05, 0) is 24.5 Å². The molecule has 0 aliphatic heterocycles. The summed E-state index contributed by atoms with van der Waals surface area (Å²) in [6.45, 7) is -0.0575. The van der Waals surface area contributed by atoms with Gasteiger partial charge in [0, 0.05) is 11.5 Å². The van der Waals surface area contributed by atoms with E-state index in [-0.39, 0.29) is 18.0 Å². The van der Waals surface area contributed by atoms with Gasteiger partial charge in [0.2, 0.25) is 5.75 Å². The number of phenolic OH excluding ortho intramolecular Hbond substituents is 1. The largest absolute Gasteiger partial charge is 0.500 e. The maximum absolute atomic E-state index is 10.9. The van der Waals surface area contributed by atoms with E-state index in [1.54, 1.807) is 6.07 Å². The third-order valence-corrected chi connectivity index (χ3v) is 3.70. The molecular weight excluding hydrogens is 238 g/mol. The number of hydrogen-bond donors (Lipinski definition) is 2. The van der Waals surface area contributed by atoms with E-state index in [2.05, 4.69) is 0 Å². The van der Waals surface area contributed by atoms with Gasteiger partial charge in [-0.2, -0.15) is 0 Å². The number of aromatic hydroxyl groups is 1. The number of nitro groups is 1. The molecule has 0 bridgehead atoms. The molecule has 0 aromatic heterocycles. The van der Waals surface area contributed by atoms with Crippen molar-refractivity contribution >= 4 is 5.69 Å². The summed E-state index contributed by atoms with van der Waals surface area (Å²) in [6, 6.07) is 2.89. The van der Waals surface area contributed by atoms with Gasteiger partial charge in [-0.25, -0.2) is 0 Å². The smallest absolute Gasteiger partial charge is 0.314 e. The highest BCUT2D eigenvalue weighted by atomic mass is 16.6. The highest BCUT2D eigenvalue weighted by Gasteiger charge is 2.40. The number of methoxy groups -OCH3 is 1. The molecule has 0 saturated heterocycles. The summed E-state index contributed by atoms with van der Waals surface area (Å²) in [6.07, 6.45) is 2.56. The van der Waals surface area contributed by atoms with Crippen molar-refractivity contribution < 1.29 is 19.9 Å². The monoisotopic (exact) mass is 253 g/mol. The van der Waals surface area contributed by atoms with Gasteiger partial charge in [0.15, 0.2) is 5.75 Å². The molecule has 1 aliphatic carbocycles. The Bertz CT molecular complexity index is 476. The SMILES string of the molecule is COc1cc(C2(CO)CCC2)cc([N+](=O)[O-])c1O. The average molecular weight is 253 g/mol. The van der Waals surface area contributed by atoms with Crippen LogP contribution in [0.25, 0.3) is 0 Å². The van der Waals surface area contributed by atoms with E-state index in [0.717, 1.165) is 19.3 Å². The number of phenols is 1. The van der Waals surface area contributed by atoms with Crippen LogP contribution in [0, 0.1) is 10.1 Å². The van der Waals surface area contributed by atoms with Crippen molar-refractivity contribution in [3.05, 3.63) is 27.8 Å². The van der Waals surface area contributed by atoms with E-state index in [1.165, 1.54) is 13.2 Å². The van der Waals surface area contributed by atoms with Crippen LogP contribution in [0.15, 0.2) is 12.1 Å². The molecule has 18 heavy (non-hydrogen) atoms. The summed E-state index contributed by atoms with van der Waals surface area (Å²) in [5.74, 6) is -0.405. The predicted molar refractivity (Wildman–Crippen MR) is 63.9 cm³/mol. The van der Waals surface area contributed by atoms with Gasteiger partial charge in [0.1, 0.15) is 0 Å². The first-order valence-corrected chi connectivity index (χ1v) is 5.71. The summed E-state index contributed by atoms with van der Waals surface area (Å²) < 4.78 is 4.95. The quantitative estimate of drug-likeness (QED) is 0.629. The van der Waals surface area contributed by atoms with Gasteiger partial charge in [-0.1, -0.05) is 6.42 Å². The highest BCUT2D eigenvalue weighted by molar-refractivity contribution is 5.58. The number of benzene rings is 1. The lowest BCUT2D eigenvalue weighted by Crippen LogP contribution is -2.37. The molecule has 0 atom stereocenters. The fourth-order valence-corrected chi connectivity index (χ4v) is 2.34. The van der Waals surface area contributed by atoms with Crippen LogP contribution in [0.1, 0.15) is 24.8 Å². The van der Waals surface area contributed by atoms with E-state index in [4.69, 9.17) is 4.74 Å². The van der Waals surface area contributed by atoms with Crippen LogP contribution >= 0.6 is 0 Å². The van der Waals surface area contributed by atoms with E-state index in [9.17, 15) is 20.3 Å². The zero-order valence-corrected chi connectivity index (χ0v) is 10.0. The molecule has 1 fully saturated rings. The predicted octanol–water partition coefficient (Wildman–Crippen LogP) is 1.72. The molecule has 0 spiro atoms. The number of ether oxygens (including phenoxy) is 1. The Labute approximate surface area is 104 Å². The Morgan fingerprint density at radius 2 is 2.17 bits per heavy atom. The van der Waals surface area contributed by atoms with Crippen LogP contribution in [0.3, 0.4) is 0 Å². The van der Waals surface area contributed by atoms with E-state index >= 15 is 0 Å². The molecular formula is C12H15NO5. The summed E-state index contributed by atoms with van der Waals surface area (Å²) in [5.41, 5.74) is -0.159. The van der Waals surface area contributed by atoms with Crippen molar-refractivity contribution in [2.24, 2.45) is 0 Å². The van der Waals surface area contributed by atoms with Crippen LogP contribution < -0.4 is 4.74 Å². The second-order valence-corrected chi connectivity index (χ2v) is 4.60. The molecule has 1 aliphatic rings. The number of nitro benzene ring substituents is 1. The molecule has 2 rings (SSSR count). The Balaban J connectivity index is 2.55. The van der Waals surface area contributed by atoms with Crippen LogP contribution in [-0.2, 0) is 5.41 Å². The van der Waals surface area contributed by atoms with Crippen molar-refractivity contribution in [1.82, 2.24) is 0 Å². The fraction of sp³-hybridized carbons (Fsp3) is 0.500. The highest BCUT2D eigenvalue weighted by Crippen LogP contribution is 2.47. The topological polar surface area (TPSA) is 92.8 Å². The minimum atomic E-state index is -0.648. The van der Waals surface area contributed by atoms with Crippen LogP contribution in [0.2, 0.25) is 0 Å². The van der Waals surface area contributed by atoms with Crippen molar-refractivity contribution in [2.45, 2.75) is 24.7 Å². The van der Waals surface area contributed by atoms with Crippen molar-refractivity contribution in [2.75, 3.05) is 13.7 Å². The third-order valence-electron chi connectivity index (χ3n) is 3.70. The van der Waals surface area contributed by atoms with Gasteiger partial charge >= 0.3 is 5.69 Å². The Kier molecular flexibility index (Phi) is 3.13. The second-order valence-electron chi connectivity index (χ2n) is 4.60. The second kappa shape index (κ2) is 4.45. The van der Waals surface area contributed by atoms with Crippen molar-refractivity contribution in [3.63, 3.8) is 0 Å². The van der Waals surface area contributed by atoms with Gasteiger partial charge < -0.3 is 14.9 Å². The molecule has 6 heteroatoms. The number of aliphatic hydroxyl groups is 1. The molecule has 0 amide bonds. The number of nitrogens with zero attached hydrogens (tertiary/aromatic N) is 1. The van der Waals surface area contributed by atoms with Crippen molar-refractivity contribution in [3.8, 4) is 11.5 Å². The molecule has 6 nitrogen and oxygen atoms in total. The third kappa shape index (κ3) is 1.78. The summed E-state index contributed by atoms with van der Waals surface area (Å²) in [4.78, 5) is 10.2. The lowest BCUT2D eigenvalue weighted by molar-refractivity contribution is -0.386. The van der Waals surface area contributed by atoms with Gasteiger partial charge in [0.25, 0.3) is 0 Å². The van der Waals surface area contributed by atoms with E-state index < -0.39 is 16.1 Å². The van der Waals surface area contributed by atoms with Crippen LogP contribution in [0.5, 0.6) is 11.5 Å². The lowest BCUT2D eigenvalue weighted by atomic mass is 9.65. The molecule has 0 radical (unpaired) electrons. The Morgan fingerprint density at radius 1 is 1.50 bits per heavy atom. The summed E-state index contributed by atoms with van der Waals surface area (Å²) >= 11 is 0. The van der Waals surface area contributed by atoms with E-state index in [0.29, 0.717) is 5.56 Å². The minimum absolute atomic E-state index is 0.0575. The zero-order chi connectivity index (χ0) is 13.3. The average Bonchev–Trinajstić information content (AvgIpc) is 2.29. The molecule has 2 N–H and O–H groups in total. The van der Waals surface area contributed by atoms with Crippen molar-refractivity contribution in [1.29, 1.82) is 0 Å². The Morgan fingerprint density at radius 3 is 2.56 bits per heavy atom. The summed E-state index contributed by atoms with van der Waals surface area (Å²) in [7, 11) is 1.34. The van der Waals surface area contributed by atoms with Gasteiger partial charge in [0.05, 0.1) is 18.6 Å². The fourth-order valence-electron chi connectivity index (χ4n) is 2.34. The summed E-state index contributed by atoms with van der Waals surface area (Å²) in [5, 5.41) is 30.1. The Hall–Kier alpha value is -1.82. The van der Waals surface area contributed by atoms with Crippen LogP contribution in [-0.4, -0.2) is 28.9 Å². The lowest BCUT2D eigenvalue weighted by Gasteiger charge is -2.40. The first-order chi connectivity index (χ1) is 8.54. The van der Waals surface area contributed by atoms with Gasteiger partial charge in [-0.15, -0.1) is 0 Å². The minimum Gasteiger partial charge on any atom is -0.500 e. The number of hydrogen-bond acceptors (Lipinski definition) is 5. The maximum Gasteiger partial charge on any atom is 0.314 e. The zero-order valence-electron chi connectivity index (χ0n) is 10.0. The van der Waals surface area contributed by atoms with Gasteiger partial charge in [-0.3, -0.25) is 10.1 Å². The molecule has 1 aromatic rings. The maximum atomic E-state index is 10.9. The first kappa shape index (κ1) is 12.6. The molecule has 0 unspecified atom stereocenters. The number of aliphatic hydroxyl groups excluding tert-OH is 1. The standard InChI is InChI=1S/C12H15NO5/c1-18-10-6-8(12(7-14)3-2-4-12)5-9(11(10)15)13(16)17/h5-6,14-15H,2-4,7H2,1H3.